The molecule has 0 aromatic heterocycles. The van der Waals surface area contributed by atoms with Crippen LogP contribution in [0.5, 0.6) is 5.75 Å². The zero-order valence-electron chi connectivity index (χ0n) is 16.6. The van der Waals surface area contributed by atoms with Gasteiger partial charge in [-0.1, -0.05) is 12.1 Å². The molecular formula is C19H32IN5O2. The van der Waals surface area contributed by atoms with Crippen LogP contribution in [0, 0.1) is 5.41 Å². The van der Waals surface area contributed by atoms with Crippen LogP contribution in [0.3, 0.4) is 0 Å². The molecule has 0 spiro atoms. The second kappa shape index (κ2) is 10.6. The molecule has 1 aliphatic rings. The molecule has 0 radical (unpaired) electrons. The lowest BCUT2D eigenvalue weighted by atomic mass is 9.93. The largest absolute Gasteiger partial charge is 0.495 e. The Balaban J connectivity index is 0.00000364. The number of nitrogens with two attached hydrogens (primary N) is 1. The van der Waals surface area contributed by atoms with E-state index in [4.69, 9.17) is 10.5 Å². The number of amides is 1. The van der Waals surface area contributed by atoms with E-state index in [1.807, 2.05) is 25.1 Å². The highest BCUT2D eigenvalue weighted by Gasteiger charge is 2.27. The molecule has 0 saturated carbocycles. The van der Waals surface area contributed by atoms with Gasteiger partial charge in [0.25, 0.3) is 0 Å². The highest BCUT2D eigenvalue weighted by Crippen LogP contribution is 2.30. The summed E-state index contributed by atoms with van der Waals surface area (Å²) in [4.78, 5) is 18.4. The number of halogens is 1. The minimum atomic E-state index is -0.665. The van der Waals surface area contributed by atoms with Crippen molar-refractivity contribution in [1.82, 2.24) is 10.6 Å². The Kier molecular flexibility index (Phi) is 9.14. The summed E-state index contributed by atoms with van der Waals surface area (Å²) < 4.78 is 5.47. The van der Waals surface area contributed by atoms with Crippen LogP contribution < -0.4 is 26.0 Å². The normalized spacial score (nSPS) is 17.3. The molecule has 1 aromatic rings. The number of hydrogen-bond donors (Lipinski definition) is 3. The third kappa shape index (κ3) is 6.44. The number of nitrogens with zero attached hydrogens (tertiary/aromatic N) is 2. The number of rotatable bonds is 7. The highest BCUT2D eigenvalue weighted by atomic mass is 127. The smallest absolute Gasteiger partial charge is 0.224 e. The molecule has 0 aliphatic carbocycles. The van der Waals surface area contributed by atoms with Crippen LogP contribution in [0.1, 0.15) is 27.2 Å². The predicted molar refractivity (Wildman–Crippen MR) is 121 cm³/mol. The average Bonchev–Trinajstić information content (AvgIpc) is 3.08. The van der Waals surface area contributed by atoms with E-state index in [1.54, 1.807) is 21.0 Å². The summed E-state index contributed by atoms with van der Waals surface area (Å²) in [5.41, 5.74) is 5.88. The van der Waals surface area contributed by atoms with E-state index in [-0.39, 0.29) is 35.9 Å². The fourth-order valence-corrected chi connectivity index (χ4v) is 2.86. The van der Waals surface area contributed by atoms with E-state index in [9.17, 15) is 4.79 Å². The molecule has 1 heterocycles. The fourth-order valence-electron chi connectivity index (χ4n) is 2.86. The maximum atomic E-state index is 11.5. The van der Waals surface area contributed by atoms with Crippen LogP contribution in [0.2, 0.25) is 0 Å². The number of benzene rings is 1. The highest BCUT2D eigenvalue weighted by molar-refractivity contribution is 14.0. The molecular weight excluding hydrogens is 457 g/mol. The van der Waals surface area contributed by atoms with Crippen LogP contribution in [0.25, 0.3) is 0 Å². The minimum Gasteiger partial charge on any atom is -0.495 e. The van der Waals surface area contributed by atoms with Gasteiger partial charge in [0, 0.05) is 25.7 Å². The summed E-state index contributed by atoms with van der Waals surface area (Å²) in [6, 6.07) is 8.33. The lowest BCUT2D eigenvalue weighted by Gasteiger charge is -2.23. The van der Waals surface area contributed by atoms with Gasteiger partial charge in [0.2, 0.25) is 5.91 Å². The average molecular weight is 489 g/mol. The lowest BCUT2D eigenvalue weighted by molar-refractivity contribution is -0.125. The quantitative estimate of drug-likeness (QED) is 0.310. The van der Waals surface area contributed by atoms with E-state index >= 15 is 0 Å². The van der Waals surface area contributed by atoms with E-state index in [1.165, 1.54) is 0 Å². The van der Waals surface area contributed by atoms with Crippen molar-refractivity contribution in [2.45, 2.75) is 33.2 Å². The minimum absolute atomic E-state index is 0. The Bertz CT molecular complexity index is 651. The van der Waals surface area contributed by atoms with Gasteiger partial charge < -0.3 is 26.0 Å². The summed E-state index contributed by atoms with van der Waals surface area (Å²) in [6.45, 7) is 8.55. The second-order valence-corrected chi connectivity index (χ2v) is 7.19. The second-order valence-electron chi connectivity index (χ2n) is 7.19. The predicted octanol–water partition coefficient (Wildman–Crippen LogP) is 1.96. The zero-order valence-corrected chi connectivity index (χ0v) is 18.9. The summed E-state index contributed by atoms with van der Waals surface area (Å²) in [6.07, 6.45) is 1.00. The number of para-hydroxylation sites is 2. The monoisotopic (exact) mass is 489 g/mol. The van der Waals surface area contributed by atoms with Crippen molar-refractivity contribution in [1.29, 1.82) is 0 Å². The lowest BCUT2D eigenvalue weighted by Crippen LogP contribution is -2.45. The number of primary amides is 1. The molecule has 1 unspecified atom stereocenters. The van der Waals surface area contributed by atoms with Crippen molar-refractivity contribution in [3.63, 3.8) is 0 Å². The molecule has 0 bridgehead atoms. The molecule has 1 atom stereocenters. The number of methoxy groups -OCH3 is 1. The molecule has 7 nitrogen and oxygen atoms in total. The Morgan fingerprint density at radius 1 is 1.41 bits per heavy atom. The van der Waals surface area contributed by atoms with Crippen LogP contribution in [0.15, 0.2) is 29.3 Å². The molecule has 4 N–H and O–H groups in total. The van der Waals surface area contributed by atoms with E-state index in [2.05, 4.69) is 26.6 Å². The molecule has 1 aromatic carbocycles. The SMILES string of the molecule is CCNC(=NCC(C)(C)C(N)=O)NC1CCN(c2ccccc2OC)C1.I. The van der Waals surface area contributed by atoms with E-state index in [0.717, 1.165) is 37.5 Å². The van der Waals surface area contributed by atoms with Crippen molar-refractivity contribution >= 4 is 41.5 Å². The van der Waals surface area contributed by atoms with Gasteiger partial charge in [-0.05, 0) is 39.3 Å². The summed E-state index contributed by atoms with van der Waals surface area (Å²) >= 11 is 0. The van der Waals surface area contributed by atoms with Crippen molar-refractivity contribution in [3.8, 4) is 5.75 Å². The van der Waals surface area contributed by atoms with Crippen molar-refractivity contribution in [2.75, 3.05) is 38.2 Å². The summed E-state index contributed by atoms with van der Waals surface area (Å²) in [5.74, 6) is 1.26. The molecule has 1 amide bonds. The number of aliphatic imine (C=N–C) groups is 1. The third-order valence-corrected chi connectivity index (χ3v) is 4.60. The van der Waals surface area contributed by atoms with Gasteiger partial charge in [-0.2, -0.15) is 0 Å². The van der Waals surface area contributed by atoms with Gasteiger partial charge in [0.05, 0.1) is 24.8 Å². The topological polar surface area (TPSA) is 92.0 Å². The first-order valence-corrected chi connectivity index (χ1v) is 9.10. The third-order valence-electron chi connectivity index (χ3n) is 4.60. The van der Waals surface area contributed by atoms with Crippen molar-refractivity contribution in [3.05, 3.63) is 24.3 Å². The maximum absolute atomic E-state index is 11.5. The van der Waals surface area contributed by atoms with E-state index in [0.29, 0.717) is 12.5 Å². The first kappa shape index (κ1) is 23.3. The summed E-state index contributed by atoms with van der Waals surface area (Å²) in [7, 11) is 1.70. The number of guanidine groups is 1. The number of ether oxygens (including phenoxy) is 1. The Labute approximate surface area is 179 Å². The standard InChI is InChI=1S/C19H31N5O2.HI/c1-5-21-18(22-13-19(2,3)17(20)25)23-14-10-11-24(12-14)15-8-6-7-9-16(15)26-4;/h6-9,14H,5,10-13H2,1-4H3,(H2,20,25)(H2,21,22,23);1H. The number of hydrogen-bond acceptors (Lipinski definition) is 4. The summed E-state index contributed by atoms with van der Waals surface area (Å²) in [5, 5.41) is 6.71. The molecule has 1 aliphatic heterocycles. The molecule has 152 valence electrons. The van der Waals surface area contributed by atoms with Crippen LogP contribution in [0.4, 0.5) is 5.69 Å². The van der Waals surface area contributed by atoms with Gasteiger partial charge in [-0.25, -0.2) is 0 Å². The molecule has 2 rings (SSSR count). The van der Waals surface area contributed by atoms with Gasteiger partial charge >= 0.3 is 0 Å². The molecule has 1 saturated heterocycles. The first-order valence-electron chi connectivity index (χ1n) is 9.10. The Morgan fingerprint density at radius 2 is 2.11 bits per heavy atom. The van der Waals surface area contributed by atoms with Gasteiger partial charge in [-0.3, -0.25) is 9.79 Å². The molecule has 8 heteroatoms. The number of carbonyl (C=O) groups excluding carboxylic acids is 1. The zero-order chi connectivity index (χ0) is 19.2. The van der Waals surface area contributed by atoms with Crippen molar-refractivity contribution < 1.29 is 9.53 Å². The molecule has 27 heavy (non-hydrogen) atoms. The van der Waals surface area contributed by atoms with Crippen molar-refractivity contribution in [2.24, 2.45) is 16.1 Å². The number of anilines is 1. The van der Waals surface area contributed by atoms with Gasteiger partial charge in [0.1, 0.15) is 5.75 Å². The number of nitrogens with one attached hydrogen (secondary N) is 2. The fraction of sp³-hybridized carbons (Fsp3) is 0.579. The van der Waals surface area contributed by atoms with E-state index < -0.39 is 5.41 Å². The van der Waals surface area contributed by atoms with Crippen LogP contribution >= 0.6 is 24.0 Å². The molecule has 1 fully saturated rings. The maximum Gasteiger partial charge on any atom is 0.224 e. The Hall–Kier alpha value is -1.71. The van der Waals surface area contributed by atoms with Gasteiger partial charge in [-0.15, -0.1) is 24.0 Å². The Morgan fingerprint density at radius 3 is 2.74 bits per heavy atom. The van der Waals surface area contributed by atoms with Gasteiger partial charge in [0.15, 0.2) is 5.96 Å². The number of carbonyl (C=O) groups is 1. The van der Waals surface area contributed by atoms with Crippen LogP contribution in [-0.2, 0) is 4.79 Å². The first-order chi connectivity index (χ1) is 12.4. The van der Waals surface area contributed by atoms with Crippen LogP contribution in [-0.4, -0.2) is 51.2 Å².